The second-order valence-electron chi connectivity index (χ2n) is 6.41. The van der Waals surface area contributed by atoms with Crippen molar-refractivity contribution < 1.29 is 4.39 Å². The molecule has 0 N–H and O–H groups in total. The highest BCUT2D eigenvalue weighted by atomic mass is 35.5. The minimum Gasteiger partial charge on any atom is -0.274 e. The van der Waals surface area contributed by atoms with Crippen LogP contribution in [0.4, 0.5) is 4.39 Å². The van der Waals surface area contributed by atoms with Crippen molar-refractivity contribution in [3.63, 3.8) is 0 Å². The molecular weight excluding hydrogens is 428 g/mol. The first-order chi connectivity index (χ1) is 14.1. The number of halogens is 3. The highest BCUT2D eigenvalue weighted by molar-refractivity contribution is 7.98. The summed E-state index contributed by atoms with van der Waals surface area (Å²) < 4.78 is 15.4. The largest absolute Gasteiger partial charge is 0.274 e. The first-order valence-electron chi connectivity index (χ1n) is 8.91. The molecule has 0 radical (unpaired) electrons. The Morgan fingerprint density at radius 3 is 2.31 bits per heavy atom. The number of thioether (sulfide) groups is 1. The van der Waals surface area contributed by atoms with Crippen LogP contribution < -0.4 is 0 Å². The van der Waals surface area contributed by atoms with Gasteiger partial charge in [0, 0.05) is 17.9 Å². The van der Waals surface area contributed by atoms with Gasteiger partial charge >= 0.3 is 0 Å². The van der Waals surface area contributed by atoms with Gasteiger partial charge in [-0.2, -0.15) is 0 Å². The second-order valence-corrected chi connectivity index (χ2v) is 8.17. The van der Waals surface area contributed by atoms with Crippen LogP contribution in [0.3, 0.4) is 0 Å². The number of nitrogens with zero attached hydrogens (tertiary/aromatic N) is 3. The van der Waals surface area contributed by atoms with Crippen molar-refractivity contribution in [1.82, 2.24) is 14.8 Å². The minimum atomic E-state index is -0.281. The Bertz CT molecular complexity index is 1110. The Hall–Kier alpha value is -2.34. The molecule has 3 nitrogen and oxygen atoms in total. The van der Waals surface area contributed by atoms with Crippen molar-refractivity contribution in [2.75, 3.05) is 0 Å². The van der Waals surface area contributed by atoms with Crippen molar-refractivity contribution in [2.45, 2.75) is 17.3 Å². The number of benzene rings is 3. The van der Waals surface area contributed by atoms with Gasteiger partial charge in [-0.25, -0.2) is 4.39 Å². The van der Waals surface area contributed by atoms with Gasteiger partial charge < -0.3 is 0 Å². The molecule has 0 aliphatic rings. The molecule has 0 spiro atoms. The molecule has 0 fully saturated rings. The highest BCUT2D eigenvalue weighted by Gasteiger charge is 2.15. The topological polar surface area (TPSA) is 30.7 Å². The van der Waals surface area contributed by atoms with Gasteiger partial charge in [0.15, 0.2) is 5.16 Å². The van der Waals surface area contributed by atoms with E-state index in [-0.39, 0.29) is 5.82 Å². The van der Waals surface area contributed by atoms with Crippen LogP contribution >= 0.6 is 35.0 Å². The molecule has 29 heavy (non-hydrogen) atoms. The van der Waals surface area contributed by atoms with Gasteiger partial charge in [0.2, 0.25) is 0 Å². The van der Waals surface area contributed by atoms with Gasteiger partial charge in [0.05, 0.1) is 10.0 Å². The third kappa shape index (κ3) is 4.81. The Balaban J connectivity index is 1.65. The van der Waals surface area contributed by atoms with Gasteiger partial charge in [-0.05, 0) is 47.5 Å². The molecular formula is C22H16Cl2FN3S. The van der Waals surface area contributed by atoms with Gasteiger partial charge in [-0.3, -0.25) is 4.57 Å². The van der Waals surface area contributed by atoms with Crippen LogP contribution in [0.1, 0.15) is 17.0 Å². The van der Waals surface area contributed by atoms with E-state index in [4.69, 9.17) is 23.2 Å². The van der Waals surface area contributed by atoms with Gasteiger partial charge in [0.25, 0.3) is 0 Å². The van der Waals surface area contributed by atoms with E-state index in [0.717, 1.165) is 27.8 Å². The molecule has 0 aliphatic carbocycles. The van der Waals surface area contributed by atoms with Crippen LogP contribution in [0.15, 0.2) is 78.0 Å². The average molecular weight is 444 g/mol. The van der Waals surface area contributed by atoms with Crippen LogP contribution in [0.25, 0.3) is 5.69 Å². The average Bonchev–Trinajstić information content (AvgIpc) is 3.12. The molecule has 4 aromatic rings. The van der Waals surface area contributed by atoms with Crippen molar-refractivity contribution >= 4 is 35.0 Å². The summed E-state index contributed by atoms with van der Waals surface area (Å²) >= 11 is 13.7. The summed E-state index contributed by atoms with van der Waals surface area (Å²) in [5.74, 6) is 1.16. The van der Waals surface area contributed by atoms with Crippen molar-refractivity contribution in [2.24, 2.45) is 0 Å². The lowest BCUT2D eigenvalue weighted by molar-refractivity contribution is 0.627. The van der Waals surface area contributed by atoms with E-state index in [0.29, 0.717) is 22.2 Å². The monoisotopic (exact) mass is 443 g/mol. The van der Waals surface area contributed by atoms with Crippen molar-refractivity contribution in [3.8, 4) is 5.69 Å². The predicted octanol–water partition coefficient (Wildman–Crippen LogP) is 6.60. The smallest absolute Gasteiger partial charge is 0.196 e. The fourth-order valence-corrected chi connectivity index (χ4v) is 4.15. The molecule has 0 bridgehead atoms. The fourth-order valence-electron chi connectivity index (χ4n) is 2.91. The maximum atomic E-state index is 13.4. The molecule has 146 valence electrons. The molecule has 4 rings (SSSR count). The lowest BCUT2D eigenvalue weighted by atomic mass is 10.1. The number of aromatic nitrogens is 3. The SMILES string of the molecule is Fc1ccc(-n2c(Cc3ccccc3)nnc2SCc2ccc(Cl)c(Cl)c2)cc1. The van der Waals surface area contributed by atoms with E-state index >= 15 is 0 Å². The summed E-state index contributed by atoms with van der Waals surface area (Å²) in [5.41, 5.74) is 2.98. The summed E-state index contributed by atoms with van der Waals surface area (Å²) in [6.07, 6.45) is 0.624. The highest BCUT2D eigenvalue weighted by Crippen LogP contribution is 2.29. The number of hydrogen-bond donors (Lipinski definition) is 0. The first kappa shape index (κ1) is 20.0. The van der Waals surface area contributed by atoms with E-state index in [9.17, 15) is 4.39 Å². The quantitative estimate of drug-likeness (QED) is 0.314. The van der Waals surface area contributed by atoms with Gasteiger partial charge in [0.1, 0.15) is 11.6 Å². The summed E-state index contributed by atoms with van der Waals surface area (Å²) in [6.45, 7) is 0. The summed E-state index contributed by atoms with van der Waals surface area (Å²) in [5, 5.41) is 10.6. The number of rotatable bonds is 6. The predicted molar refractivity (Wildman–Crippen MR) is 117 cm³/mol. The van der Waals surface area contributed by atoms with Crippen molar-refractivity contribution in [1.29, 1.82) is 0 Å². The molecule has 0 amide bonds. The van der Waals surface area contributed by atoms with E-state index in [1.54, 1.807) is 18.2 Å². The summed E-state index contributed by atoms with van der Waals surface area (Å²) in [7, 11) is 0. The normalized spacial score (nSPS) is 11.0. The van der Waals surface area contributed by atoms with Crippen LogP contribution in [-0.4, -0.2) is 14.8 Å². The van der Waals surface area contributed by atoms with Crippen LogP contribution in [-0.2, 0) is 12.2 Å². The van der Waals surface area contributed by atoms with Crippen molar-refractivity contribution in [3.05, 3.63) is 106 Å². The third-order valence-electron chi connectivity index (χ3n) is 4.34. The van der Waals surface area contributed by atoms with Crippen LogP contribution in [0.5, 0.6) is 0 Å². The second kappa shape index (κ2) is 8.99. The fraction of sp³-hybridized carbons (Fsp3) is 0.0909. The lowest BCUT2D eigenvalue weighted by Gasteiger charge is -2.11. The zero-order valence-corrected chi connectivity index (χ0v) is 17.6. The standard InChI is InChI=1S/C22H16Cl2FN3S/c23-19-11-6-16(12-20(19)24)14-29-22-27-26-21(13-15-4-2-1-3-5-15)28(22)18-9-7-17(25)8-10-18/h1-12H,13-14H2. The Kier molecular flexibility index (Phi) is 6.19. The molecule has 3 aromatic carbocycles. The Morgan fingerprint density at radius 2 is 1.59 bits per heavy atom. The van der Waals surface area contributed by atoms with E-state index in [1.165, 1.54) is 23.9 Å². The first-order valence-corrected chi connectivity index (χ1v) is 10.7. The maximum absolute atomic E-state index is 13.4. The minimum absolute atomic E-state index is 0.281. The molecule has 7 heteroatoms. The molecule has 0 atom stereocenters. The van der Waals surface area contributed by atoms with E-state index < -0.39 is 0 Å². The third-order valence-corrected chi connectivity index (χ3v) is 6.08. The van der Waals surface area contributed by atoms with E-state index in [1.807, 2.05) is 47.0 Å². The molecule has 0 saturated carbocycles. The van der Waals surface area contributed by atoms with Crippen LogP contribution in [0.2, 0.25) is 10.0 Å². The zero-order valence-electron chi connectivity index (χ0n) is 15.2. The molecule has 1 aromatic heterocycles. The van der Waals surface area contributed by atoms with Crippen LogP contribution in [0, 0.1) is 5.82 Å². The Labute approximate surface area is 182 Å². The Morgan fingerprint density at radius 1 is 0.828 bits per heavy atom. The summed E-state index contributed by atoms with van der Waals surface area (Å²) in [6, 6.07) is 22.0. The molecule has 0 aliphatic heterocycles. The zero-order chi connectivity index (χ0) is 20.2. The maximum Gasteiger partial charge on any atom is 0.196 e. The molecule has 0 saturated heterocycles. The van der Waals surface area contributed by atoms with Gasteiger partial charge in [-0.1, -0.05) is 71.4 Å². The van der Waals surface area contributed by atoms with E-state index in [2.05, 4.69) is 10.2 Å². The number of hydrogen-bond acceptors (Lipinski definition) is 3. The molecule has 1 heterocycles. The molecule has 0 unspecified atom stereocenters. The lowest BCUT2D eigenvalue weighted by Crippen LogP contribution is -2.04. The summed E-state index contributed by atoms with van der Waals surface area (Å²) in [4.78, 5) is 0. The van der Waals surface area contributed by atoms with Gasteiger partial charge in [-0.15, -0.1) is 10.2 Å².